The molecule has 1 aliphatic heterocycles. The van der Waals surface area contributed by atoms with Gasteiger partial charge in [-0.15, -0.1) is 0 Å². The van der Waals surface area contributed by atoms with Gasteiger partial charge >= 0.3 is 0 Å². The Morgan fingerprint density at radius 2 is 1.81 bits per heavy atom. The zero-order valence-corrected chi connectivity index (χ0v) is 15.1. The number of pyridine rings is 1. The first-order valence-corrected chi connectivity index (χ1v) is 8.80. The predicted molar refractivity (Wildman–Crippen MR) is 107 cm³/mol. The lowest BCUT2D eigenvalue weighted by molar-refractivity contribution is -0.116. The summed E-state index contributed by atoms with van der Waals surface area (Å²) in [5, 5.41) is 0.615. The Hall–Kier alpha value is -2.91. The van der Waals surface area contributed by atoms with Crippen LogP contribution in [-0.4, -0.2) is 10.9 Å². The van der Waals surface area contributed by atoms with Crippen LogP contribution in [0.3, 0.4) is 0 Å². The van der Waals surface area contributed by atoms with Gasteiger partial charge in [0.1, 0.15) is 0 Å². The number of fused-ring (bicyclic) bond motifs is 2. The van der Waals surface area contributed by atoms with E-state index in [4.69, 9.17) is 11.6 Å². The van der Waals surface area contributed by atoms with E-state index in [2.05, 4.69) is 11.1 Å². The Balaban J connectivity index is 1.85. The molecule has 0 saturated heterocycles. The molecular weight excluding hydrogens is 344 g/mol. The fourth-order valence-corrected chi connectivity index (χ4v) is 3.34. The first-order valence-electron chi connectivity index (χ1n) is 8.42. The summed E-state index contributed by atoms with van der Waals surface area (Å²) in [6.07, 6.45) is 5.91. The van der Waals surface area contributed by atoms with Crippen molar-refractivity contribution in [2.75, 3.05) is 4.90 Å². The van der Waals surface area contributed by atoms with Crippen LogP contribution in [0.5, 0.6) is 0 Å². The summed E-state index contributed by atoms with van der Waals surface area (Å²) in [7, 11) is 0. The molecule has 2 heterocycles. The van der Waals surface area contributed by atoms with E-state index in [-0.39, 0.29) is 5.91 Å². The van der Waals surface area contributed by atoms with Crippen molar-refractivity contribution < 1.29 is 4.79 Å². The van der Waals surface area contributed by atoms with E-state index in [1.807, 2.05) is 66.9 Å². The molecule has 4 rings (SSSR count). The van der Waals surface area contributed by atoms with Crippen molar-refractivity contribution in [1.29, 1.82) is 0 Å². The predicted octanol–water partition coefficient (Wildman–Crippen LogP) is 5.44. The minimum atomic E-state index is -0.0205. The summed E-state index contributed by atoms with van der Waals surface area (Å²) in [5.41, 5.74) is 5.80. The van der Waals surface area contributed by atoms with E-state index >= 15 is 0 Å². The van der Waals surface area contributed by atoms with Crippen molar-refractivity contribution in [2.24, 2.45) is 0 Å². The highest BCUT2D eigenvalue weighted by Gasteiger charge is 2.19. The van der Waals surface area contributed by atoms with E-state index in [9.17, 15) is 4.79 Å². The molecule has 1 aliphatic rings. The molecule has 128 valence electrons. The topological polar surface area (TPSA) is 33.2 Å². The van der Waals surface area contributed by atoms with E-state index in [0.717, 1.165) is 33.6 Å². The highest BCUT2D eigenvalue weighted by Crippen LogP contribution is 2.32. The van der Waals surface area contributed by atoms with Crippen LogP contribution in [0, 0.1) is 0 Å². The largest absolute Gasteiger partial charge is 0.308 e. The van der Waals surface area contributed by atoms with Crippen molar-refractivity contribution in [3.05, 3.63) is 82.5 Å². The van der Waals surface area contributed by atoms with Crippen LogP contribution in [0.25, 0.3) is 23.4 Å². The average Bonchev–Trinajstić information content (AvgIpc) is 2.64. The first-order chi connectivity index (χ1) is 12.6. The van der Waals surface area contributed by atoms with E-state index in [1.165, 1.54) is 0 Å². The van der Waals surface area contributed by atoms with Gasteiger partial charge in [-0.1, -0.05) is 60.2 Å². The molecule has 0 bridgehead atoms. The van der Waals surface area contributed by atoms with Crippen LogP contribution in [-0.2, 0) is 11.3 Å². The van der Waals surface area contributed by atoms with Crippen molar-refractivity contribution in [1.82, 2.24) is 4.98 Å². The maximum Gasteiger partial charge on any atom is 0.224 e. The molecule has 0 radical (unpaired) electrons. The third-order valence-electron chi connectivity index (χ3n) is 4.53. The molecule has 26 heavy (non-hydrogen) atoms. The Kier molecular flexibility index (Phi) is 4.31. The lowest BCUT2D eigenvalue weighted by atomic mass is 10.0. The van der Waals surface area contributed by atoms with Gasteiger partial charge in [0.2, 0.25) is 5.91 Å². The van der Waals surface area contributed by atoms with Gasteiger partial charge in [-0.05, 0) is 34.9 Å². The molecular formula is C22H17ClN2O. The molecule has 0 aliphatic carbocycles. The van der Waals surface area contributed by atoms with Crippen molar-refractivity contribution in [3.63, 3.8) is 0 Å². The second-order valence-corrected chi connectivity index (χ2v) is 6.71. The molecule has 0 spiro atoms. The Morgan fingerprint density at radius 1 is 1.04 bits per heavy atom. The summed E-state index contributed by atoms with van der Waals surface area (Å²) in [4.78, 5) is 18.7. The van der Waals surface area contributed by atoms with Crippen LogP contribution in [0.4, 0.5) is 5.69 Å². The highest BCUT2D eigenvalue weighted by atomic mass is 35.5. The Morgan fingerprint density at radius 3 is 2.58 bits per heavy atom. The second-order valence-electron chi connectivity index (χ2n) is 6.28. The third kappa shape index (κ3) is 3.14. The number of hydrogen-bond donors (Lipinski definition) is 0. The lowest BCUT2D eigenvalue weighted by Crippen LogP contribution is -2.29. The fraction of sp³-hybridized carbons (Fsp3) is 0.0909. The van der Waals surface area contributed by atoms with Crippen molar-refractivity contribution >= 4 is 35.3 Å². The van der Waals surface area contributed by atoms with E-state index in [1.54, 1.807) is 11.8 Å². The van der Waals surface area contributed by atoms with Gasteiger partial charge in [0.25, 0.3) is 0 Å². The molecule has 4 heteroatoms. The smallest absolute Gasteiger partial charge is 0.224 e. The van der Waals surface area contributed by atoms with Gasteiger partial charge in [-0.25, -0.2) is 0 Å². The monoisotopic (exact) mass is 360 g/mol. The number of halogens is 1. The molecule has 0 saturated carbocycles. The average molecular weight is 361 g/mol. The quantitative estimate of drug-likeness (QED) is 0.579. The zero-order valence-electron chi connectivity index (χ0n) is 14.3. The summed E-state index contributed by atoms with van der Waals surface area (Å²) in [5.74, 6) is -0.0205. The van der Waals surface area contributed by atoms with Gasteiger partial charge in [0, 0.05) is 23.7 Å². The molecule has 0 fully saturated rings. The summed E-state index contributed by atoms with van der Waals surface area (Å²) < 4.78 is 0. The van der Waals surface area contributed by atoms with Gasteiger partial charge in [0.05, 0.1) is 17.9 Å². The second kappa shape index (κ2) is 6.77. The Labute approximate surface area is 157 Å². The normalized spacial score (nSPS) is 12.8. The zero-order chi connectivity index (χ0) is 18.1. The summed E-state index contributed by atoms with van der Waals surface area (Å²) in [6.45, 7) is 2.06. The minimum Gasteiger partial charge on any atom is -0.308 e. The number of benzene rings is 2. The van der Waals surface area contributed by atoms with Gasteiger partial charge in [-0.3, -0.25) is 9.78 Å². The van der Waals surface area contributed by atoms with Gasteiger partial charge in [0.15, 0.2) is 0 Å². The van der Waals surface area contributed by atoms with Crippen LogP contribution < -0.4 is 4.90 Å². The molecule has 0 unspecified atom stereocenters. The van der Waals surface area contributed by atoms with Gasteiger partial charge < -0.3 is 4.90 Å². The van der Waals surface area contributed by atoms with E-state index in [0.29, 0.717) is 11.6 Å². The standard InChI is InChI=1S/C22H17ClN2O/c1-15(26)25-14-19-11-21(16-5-3-2-4-6-16)24-13-18(19)8-7-17-9-10-20(23)12-22(17)25/h2-13H,14H2,1H3. The third-order valence-corrected chi connectivity index (χ3v) is 4.76. The SMILES string of the molecule is CC(=O)N1Cc2cc(-c3ccccc3)ncc2C=Cc2ccc(Cl)cc21. The number of nitrogens with zero attached hydrogens (tertiary/aromatic N) is 2. The molecule has 2 aromatic carbocycles. The van der Waals surface area contributed by atoms with Gasteiger partial charge in [-0.2, -0.15) is 0 Å². The van der Waals surface area contributed by atoms with Crippen LogP contribution in [0.2, 0.25) is 5.02 Å². The first kappa shape index (κ1) is 16.6. The molecule has 3 nitrogen and oxygen atoms in total. The fourth-order valence-electron chi connectivity index (χ4n) is 3.17. The number of rotatable bonds is 1. The number of amides is 1. The molecule has 1 aromatic heterocycles. The van der Waals surface area contributed by atoms with E-state index < -0.39 is 0 Å². The molecule has 3 aromatic rings. The van der Waals surface area contributed by atoms with Crippen LogP contribution >= 0.6 is 11.6 Å². The number of carbonyl (C=O) groups excluding carboxylic acids is 1. The molecule has 0 atom stereocenters. The molecule has 0 N–H and O–H groups in total. The maximum absolute atomic E-state index is 12.3. The summed E-state index contributed by atoms with van der Waals surface area (Å²) in [6, 6.07) is 17.7. The number of aromatic nitrogens is 1. The van der Waals surface area contributed by atoms with Crippen LogP contribution in [0.15, 0.2) is 60.8 Å². The Bertz CT molecular complexity index is 1010. The maximum atomic E-state index is 12.3. The lowest BCUT2D eigenvalue weighted by Gasteiger charge is -2.26. The number of carbonyl (C=O) groups is 1. The number of anilines is 1. The number of hydrogen-bond acceptors (Lipinski definition) is 2. The molecule has 1 amide bonds. The van der Waals surface area contributed by atoms with Crippen molar-refractivity contribution in [2.45, 2.75) is 13.5 Å². The van der Waals surface area contributed by atoms with Crippen LogP contribution in [0.1, 0.15) is 23.6 Å². The summed E-state index contributed by atoms with van der Waals surface area (Å²) >= 11 is 6.17. The minimum absolute atomic E-state index is 0.0205. The highest BCUT2D eigenvalue weighted by molar-refractivity contribution is 6.31. The van der Waals surface area contributed by atoms with Crippen molar-refractivity contribution in [3.8, 4) is 11.3 Å².